The average Bonchev–Trinajstić information content (AvgIpc) is 3.12. The van der Waals surface area contributed by atoms with Crippen molar-refractivity contribution in [3.63, 3.8) is 0 Å². The number of hydrogen-bond acceptors (Lipinski definition) is 7. The number of nitrogens with zero attached hydrogens (tertiary/aromatic N) is 2. The fraction of sp³-hybridized carbons (Fsp3) is 0.297. The summed E-state index contributed by atoms with van der Waals surface area (Å²) in [6.07, 6.45) is 1.78. The summed E-state index contributed by atoms with van der Waals surface area (Å²) in [5.74, 6) is -0.368. The Kier molecular flexibility index (Phi) is 13.8. The van der Waals surface area contributed by atoms with Crippen LogP contribution in [0.2, 0.25) is 10.0 Å². The standard InChI is InChI=1S/C37H41Cl2N3O7S/c1-5-6-19-40-37(44)32(21-26-11-8-7-9-12-26)41(24-27-13-10-14-28(38)20-27)36(43)25-42(31-22-29(39)15-17-33(31)47-2)50(45,46)30-16-18-34(48-3)35(23-30)49-4/h7-18,20,22-23,32H,5-6,19,21,24-25H2,1-4H3,(H,40,44). The Hall–Kier alpha value is -4.45. The molecular formula is C37H41Cl2N3O7S. The predicted molar refractivity (Wildman–Crippen MR) is 196 cm³/mol. The molecule has 0 saturated heterocycles. The van der Waals surface area contributed by atoms with E-state index in [-0.39, 0.29) is 46.0 Å². The maximum Gasteiger partial charge on any atom is 0.265 e. The number of amides is 2. The Morgan fingerprint density at radius 2 is 1.44 bits per heavy atom. The van der Waals surface area contributed by atoms with Crippen LogP contribution >= 0.6 is 23.2 Å². The molecule has 13 heteroatoms. The smallest absolute Gasteiger partial charge is 0.265 e. The summed E-state index contributed by atoms with van der Waals surface area (Å²) in [4.78, 5) is 29.9. The monoisotopic (exact) mass is 741 g/mol. The van der Waals surface area contributed by atoms with Gasteiger partial charge in [0, 0.05) is 35.6 Å². The Balaban J connectivity index is 1.87. The van der Waals surface area contributed by atoms with Gasteiger partial charge < -0.3 is 24.4 Å². The van der Waals surface area contributed by atoms with Gasteiger partial charge in [-0.25, -0.2) is 8.42 Å². The van der Waals surface area contributed by atoms with E-state index in [1.54, 1.807) is 30.3 Å². The first-order valence-corrected chi connectivity index (χ1v) is 18.2. The number of rotatable bonds is 17. The van der Waals surface area contributed by atoms with Gasteiger partial charge in [0.15, 0.2) is 11.5 Å². The zero-order chi connectivity index (χ0) is 36.3. The van der Waals surface area contributed by atoms with Crippen molar-refractivity contribution in [3.05, 3.63) is 112 Å². The van der Waals surface area contributed by atoms with E-state index in [0.29, 0.717) is 22.9 Å². The molecule has 0 spiro atoms. The van der Waals surface area contributed by atoms with Gasteiger partial charge in [0.25, 0.3) is 10.0 Å². The van der Waals surface area contributed by atoms with Crippen molar-refractivity contribution in [2.75, 3.05) is 38.7 Å². The fourth-order valence-electron chi connectivity index (χ4n) is 5.37. The second-order valence-corrected chi connectivity index (χ2v) is 14.1. The predicted octanol–water partition coefficient (Wildman–Crippen LogP) is 6.77. The molecule has 10 nitrogen and oxygen atoms in total. The van der Waals surface area contributed by atoms with Crippen LogP contribution in [0.25, 0.3) is 0 Å². The number of unbranched alkanes of at least 4 members (excludes halogenated alkanes) is 1. The van der Waals surface area contributed by atoms with Crippen molar-refractivity contribution in [2.24, 2.45) is 0 Å². The van der Waals surface area contributed by atoms with Crippen LogP contribution in [0.1, 0.15) is 30.9 Å². The molecule has 4 rings (SSSR count). The summed E-state index contributed by atoms with van der Waals surface area (Å²) in [5.41, 5.74) is 1.50. The summed E-state index contributed by atoms with van der Waals surface area (Å²) in [7, 11) is -0.287. The van der Waals surface area contributed by atoms with Crippen molar-refractivity contribution < 1.29 is 32.2 Å². The van der Waals surface area contributed by atoms with E-state index in [2.05, 4.69) is 5.32 Å². The van der Waals surface area contributed by atoms with Gasteiger partial charge in [-0.15, -0.1) is 0 Å². The summed E-state index contributed by atoms with van der Waals surface area (Å²) in [5, 5.41) is 3.64. The van der Waals surface area contributed by atoms with Gasteiger partial charge >= 0.3 is 0 Å². The maximum atomic E-state index is 14.8. The summed E-state index contributed by atoms with van der Waals surface area (Å²) in [6, 6.07) is 23.9. The van der Waals surface area contributed by atoms with E-state index in [1.807, 2.05) is 37.3 Å². The lowest BCUT2D eigenvalue weighted by Gasteiger charge is -2.34. The maximum absolute atomic E-state index is 14.8. The number of methoxy groups -OCH3 is 3. The number of anilines is 1. The molecule has 0 aromatic heterocycles. The van der Waals surface area contributed by atoms with Crippen LogP contribution in [0, 0.1) is 0 Å². The second-order valence-electron chi connectivity index (χ2n) is 11.3. The molecule has 0 heterocycles. The molecule has 1 atom stereocenters. The van der Waals surface area contributed by atoms with Gasteiger partial charge in [-0.3, -0.25) is 13.9 Å². The van der Waals surface area contributed by atoms with Gasteiger partial charge in [-0.2, -0.15) is 0 Å². The third-order valence-electron chi connectivity index (χ3n) is 7.97. The van der Waals surface area contributed by atoms with Crippen LogP contribution in [-0.2, 0) is 32.6 Å². The van der Waals surface area contributed by atoms with Crippen molar-refractivity contribution in [2.45, 2.75) is 43.7 Å². The van der Waals surface area contributed by atoms with E-state index in [9.17, 15) is 18.0 Å². The van der Waals surface area contributed by atoms with Crippen LogP contribution in [0.5, 0.6) is 17.2 Å². The third kappa shape index (κ3) is 9.62. The molecule has 4 aromatic rings. The molecule has 266 valence electrons. The van der Waals surface area contributed by atoms with Crippen LogP contribution in [0.3, 0.4) is 0 Å². The largest absolute Gasteiger partial charge is 0.495 e. The van der Waals surface area contributed by atoms with Gasteiger partial charge in [0.2, 0.25) is 11.8 Å². The molecule has 1 unspecified atom stereocenters. The molecule has 0 bridgehead atoms. The van der Waals surface area contributed by atoms with Crippen molar-refractivity contribution in [1.29, 1.82) is 0 Å². The van der Waals surface area contributed by atoms with Crippen LogP contribution < -0.4 is 23.8 Å². The number of sulfonamides is 1. The SMILES string of the molecule is CCCCNC(=O)C(Cc1ccccc1)N(Cc1cccc(Cl)c1)C(=O)CN(c1cc(Cl)ccc1OC)S(=O)(=O)c1ccc(OC)c(OC)c1. The molecule has 0 fully saturated rings. The van der Waals surface area contributed by atoms with Gasteiger partial charge in [-0.1, -0.05) is 79.0 Å². The zero-order valence-corrected chi connectivity index (χ0v) is 30.7. The number of nitrogens with one attached hydrogen (secondary N) is 1. The molecule has 4 aromatic carbocycles. The van der Waals surface area contributed by atoms with Crippen molar-refractivity contribution in [1.82, 2.24) is 10.2 Å². The summed E-state index contributed by atoms with van der Waals surface area (Å²) in [6.45, 7) is 1.69. The normalized spacial score (nSPS) is 11.7. The number of benzene rings is 4. The minimum atomic E-state index is -4.50. The van der Waals surface area contributed by atoms with E-state index < -0.39 is 28.5 Å². The topological polar surface area (TPSA) is 114 Å². The van der Waals surface area contributed by atoms with E-state index in [1.165, 1.54) is 56.6 Å². The highest BCUT2D eigenvalue weighted by Gasteiger charge is 2.36. The first-order chi connectivity index (χ1) is 24.0. The highest BCUT2D eigenvalue weighted by atomic mass is 35.5. The Labute approximate surface area is 303 Å². The number of carbonyl (C=O) groups is 2. The highest BCUT2D eigenvalue weighted by Crippen LogP contribution is 2.37. The fourth-order valence-corrected chi connectivity index (χ4v) is 7.18. The lowest BCUT2D eigenvalue weighted by molar-refractivity contribution is -0.140. The van der Waals surface area contributed by atoms with Gasteiger partial charge in [-0.05, 0) is 60.0 Å². The number of hydrogen-bond donors (Lipinski definition) is 1. The second kappa shape index (κ2) is 18.0. The Bertz CT molecular complexity index is 1880. The van der Waals surface area contributed by atoms with E-state index in [4.69, 9.17) is 37.4 Å². The first kappa shape index (κ1) is 38.4. The summed E-state index contributed by atoms with van der Waals surface area (Å²) >= 11 is 12.7. The number of carbonyl (C=O) groups excluding carboxylic acids is 2. The van der Waals surface area contributed by atoms with E-state index >= 15 is 0 Å². The third-order valence-corrected chi connectivity index (χ3v) is 10.2. The summed E-state index contributed by atoms with van der Waals surface area (Å²) < 4.78 is 46.3. The highest BCUT2D eigenvalue weighted by molar-refractivity contribution is 7.92. The number of halogens is 2. The zero-order valence-electron chi connectivity index (χ0n) is 28.4. The lowest BCUT2D eigenvalue weighted by atomic mass is 10.0. The molecule has 50 heavy (non-hydrogen) atoms. The molecule has 2 amide bonds. The van der Waals surface area contributed by atoms with Crippen LogP contribution in [0.15, 0.2) is 95.9 Å². The minimum absolute atomic E-state index is 0.0258. The van der Waals surface area contributed by atoms with Crippen molar-refractivity contribution >= 4 is 50.7 Å². The number of ether oxygens (including phenoxy) is 3. The molecule has 0 aliphatic heterocycles. The lowest BCUT2D eigenvalue weighted by Crippen LogP contribution is -2.53. The van der Waals surface area contributed by atoms with E-state index in [0.717, 1.165) is 22.7 Å². The van der Waals surface area contributed by atoms with Gasteiger partial charge in [0.1, 0.15) is 18.3 Å². The molecule has 0 saturated carbocycles. The van der Waals surface area contributed by atoms with Crippen LogP contribution in [-0.4, -0.2) is 65.6 Å². The molecule has 1 N–H and O–H groups in total. The molecule has 0 aliphatic rings. The Morgan fingerprint density at radius 1 is 0.780 bits per heavy atom. The minimum Gasteiger partial charge on any atom is -0.495 e. The molecule has 0 aliphatic carbocycles. The van der Waals surface area contributed by atoms with Crippen LogP contribution in [0.4, 0.5) is 5.69 Å². The Morgan fingerprint density at radius 3 is 2.10 bits per heavy atom. The molecule has 0 radical (unpaired) electrons. The molecular weight excluding hydrogens is 701 g/mol. The van der Waals surface area contributed by atoms with Crippen molar-refractivity contribution in [3.8, 4) is 17.2 Å². The average molecular weight is 743 g/mol. The van der Waals surface area contributed by atoms with Gasteiger partial charge in [0.05, 0.1) is 31.9 Å². The first-order valence-electron chi connectivity index (χ1n) is 16.0. The quantitative estimate of drug-likeness (QED) is 0.119.